The normalized spacial score (nSPS) is 19.6. The fourth-order valence-corrected chi connectivity index (χ4v) is 2.36. The van der Waals surface area contributed by atoms with Gasteiger partial charge in [-0.05, 0) is 30.7 Å². The zero-order valence-electron chi connectivity index (χ0n) is 10.5. The molecule has 5 nitrogen and oxygen atoms in total. The van der Waals surface area contributed by atoms with Gasteiger partial charge >= 0.3 is 0 Å². The van der Waals surface area contributed by atoms with Crippen molar-refractivity contribution in [3.05, 3.63) is 34.6 Å². The molecule has 0 bridgehead atoms. The monoisotopic (exact) mass is 279 g/mol. The Bertz CT molecular complexity index is 559. The molecule has 1 aromatic carbocycles. The molecule has 0 spiro atoms. The molecular weight excluding hydrogens is 266 g/mol. The maximum atomic E-state index is 6.03. The van der Waals surface area contributed by atoms with Gasteiger partial charge in [0, 0.05) is 23.7 Å². The molecule has 19 heavy (non-hydrogen) atoms. The largest absolute Gasteiger partial charge is 0.367 e. The first kappa shape index (κ1) is 12.6. The zero-order chi connectivity index (χ0) is 13.2. The maximum Gasteiger partial charge on any atom is 0.258 e. The summed E-state index contributed by atoms with van der Waals surface area (Å²) in [5.41, 5.74) is 1.88. The van der Waals surface area contributed by atoms with Crippen LogP contribution in [0.4, 0.5) is 0 Å². The molecule has 2 aromatic rings. The molecule has 2 heterocycles. The molecule has 0 saturated carbocycles. The van der Waals surface area contributed by atoms with Gasteiger partial charge in [0.05, 0.1) is 6.61 Å². The smallest absolute Gasteiger partial charge is 0.258 e. The highest BCUT2D eigenvalue weighted by molar-refractivity contribution is 6.30. The number of nitrogens with zero attached hydrogens (tertiary/aromatic N) is 2. The highest BCUT2D eigenvalue weighted by Crippen LogP contribution is 2.25. The van der Waals surface area contributed by atoms with Gasteiger partial charge in [0.2, 0.25) is 5.82 Å². The van der Waals surface area contributed by atoms with Gasteiger partial charge in [-0.15, -0.1) is 0 Å². The minimum Gasteiger partial charge on any atom is -0.367 e. The number of morpholine rings is 1. The van der Waals surface area contributed by atoms with Crippen LogP contribution in [0.15, 0.2) is 22.7 Å². The molecule has 1 aliphatic rings. The van der Waals surface area contributed by atoms with E-state index < -0.39 is 0 Å². The van der Waals surface area contributed by atoms with E-state index in [2.05, 4.69) is 15.5 Å². The lowest BCUT2D eigenvalue weighted by molar-refractivity contribution is 0.0208. The van der Waals surface area contributed by atoms with E-state index in [0.29, 0.717) is 29.9 Å². The van der Waals surface area contributed by atoms with Crippen LogP contribution in [0, 0.1) is 6.92 Å². The molecule has 1 N–H and O–H groups in total. The van der Waals surface area contributed by atoms with Gasteiger partial charge in [0.15, 0.2) is 0 Å². The van der Waals surface area contributed by atoms with Crippen molar-refractivity contribution in [1.82, 2.24) is 15.5 Å². The third-order valence-electron chi connectivity index (χ3n) is 2.95. The summed E-state index contributed by atoms with van der Waals surface area (Å²) >= 11 is 6.03. The van der Waals surface area contributed by atoms with Crippen LogP contribution in [-0.4, -0.2) is 29.8 Å². The van der Waals surface area contributed by atoms with E-state index in [9.17, 15) is 0 Å². The van der Waals surface area contributed by atoms with Gasteiger partial charge in [-0.2, -0.15) is 4.98 Å². The molecule has 100 valence electrons. The summed E-state index contributed by atoms with van der Waals surface area (Å²) in [4.78, 5) is 4.38. The summed E-state index contributed by atoms with van der Waals surface area (Å²) in [5.74, 6) is 1.04. The average molecular weight is 280 g/mol. The Labute approximate surface area is 115 Å². The summed E-state index contributed by atoms with van der Waals surface area (Å²) in [7, 11) is 0. The van der Waals surface area contributed by atoms with Crippen LogP contribution in [0.1, 0.15) is 17.5 Å². The van der Waals surface area contributed by atoms with Crippen LogP contribution in [-0.2, 0) is 4.74 Å². The topological polar surface area (TPSA) is 60.2 Å². The average Bonchev–Trinajstić information content (AvgIpc) is 2.88. The van der Waals surface area contributed by atoms with E-state index in [0.717, 1.165) is 17.7 Å². The molecule has 3 rings (SSSR count). The molecule has 0 radical (unpaired) electrons. The van der Waals surface area contributed by atoms with E-state index in [-0.39, 0.29) is 6.10 Å². The minimum absolute atomic E-state index is 0.147. The number of nitrogens with one attached hydrogen (secondary N) is 1. The van der Waals surface area contributed by atoms with Gasteiger partial charge < -0.3 is 14.6 Å². The van der Waals surface area contributed by atoms with Crippen molar-refractivity contribution in [2.75, 3.05) is 19.7 Å². The predicted octanol–water partition coefficient (Wildman–Crippen LogP) is 2.36. The number of hydrogen-bond donors (Lipinski definition) is 1. The van der Waals surface area contributed by atoms with Gasteiger partial charge in [-0.1, -0.05) is 16.8 Å². The lowest BCUT2D eigenvalue weighted by Gasteiger charge is -2.20. The van der Waals surface area contributed by atoms with E-state index in [1.807, 2.05) is 25.1 Å². The molecule has 1 unspecified atom stereocenters. The first-order valence-electron chi connectivity index (χ1n) is 6.16. The number of benzene rings is 1. The van der Waals surface area contributed by atoms with Crippen LogP contribution in [0.5, 0.6) is 0 Å². The summed E-state index contributed by atoms with van der Waals surface area (Å²) in [6.45, 7) is 4.19. The first-order chi connectivity index (χ1) is 9.22. The molecule has 0 amide bonds. The second kappa shape index (κ2) is 5.28. The number of aromatic nitrogens is 2. The second-order valence-corrected chi connectivity index (χ2v) is 4.97. The standard InChI is InChI=1S/C13H14ClN3O2/c1-8-4-9(6-10(14)5-8)13-16-12(17-19-13)11-7-15-2-3-18-11/h4-6,11,15H,2-3,7H2,1H3. The van der Waals surface area contributed by atoms with E-state index in [1.54, 1.807) is 0 Å². The van der Waals surface area contributed by atoms with Crippen molar-refractivity contribution in [3.63, 3.8) is 0 Å². The Balaban J connectivity index is 1.87. The molecule has 0 aliphatic carbocycles. The quantitative estimate of drug-likeness (QED) is 0.914. The zero-order valence-corrected chi connectivity index (χ0v) is 11.3. The number of ether oxygens (including phenoxy) is 1. The van der Waals surface area contributed by atoms with Crippen molar-refractivity contribution in [1.29, 1.82) is 0 Å². The summed E-state index contributed by atoms with van der Waals surface area (Å²) in [6, 6.07) is 5.66. The molecule has 1 atom stereocenters. The minimum atomic E-state index is -0.147. The lowest BCUT2D eigenvalue weighted by atomic mass is 10.1. The summed E-state index contributed by atoms with van der Waals surface area (Å²) < 4.78 is 10.9. The Kier molecular flexibility index (Phi) is 3.50. The van der Waals surface area contributed by atoms with Gasteiger partial charge in [-0.3, -0.25) is 0 Å². The fraction of sp³-hybridized carbons (Fsp3) is 0.385. The van der Waals surface area contributed by atoms with Gasteiger partial charge in [0.25, 0.3) is 5.89 Å². The molecule has 6 heteroatoms. The van der Waals surface area contributed by atoms with Gasteiger partial charge in [-0.25, -0.2) is 0 Å². The van der Waals surface area contributed by atoms with E-state index in [4.69, 9.17) is 20.9 Å². The van der Waals surface area contributed by atoms with Crippen molar-refractivity contribution in [3.8, 4) is 11.5 Å². The Morgan fingerprint density at radius 1 is 1.37 bits per heavy atom. The van der Waals surface area contributed by atoms with Crippen LogP contribution in [0.3, 0.4) is 0 Å². The Hall–Kier alpha value is -1.43. The van der Waals surface area contributed by atoms with Crippen molar-refractivity contribution in [2.45, 2.75) is 13.0 Å². The van der Waals surface area contributed by atoms with Gasteiger partial charge in [0.1, 0.15) is 6.10 Å². The number of aryl methyl sites for hydroxylation is 1. The van der Waals surface area contributed by atoms with E-state index >= 15 is 0 Å². The Morgan fingerprint density at radius 2 is 2.26 bits per heavy atom. The Morgan fingerprint density at radius 3 is 3.00 bits per heavy atom. The molecule has 1 aliphatic heterocycles. The highest BCUT2D eigenvalue weighted by atomic mass is 35.5. The number of rotatable bonds is 2. The second-order valence-electron chi connectivity index (χ2n) is 4.54. The molecule has 1 fully saturated rings. The predicted molar refractivity (Wildman–Crippen MR) is 71.0 cm³/mol. The SMILES string of the molecule is Cc1cc(Cl)cc(-c2nc(C3CNCCO3)no2)c1. The highest BCUT2D eigenvalue weighted by Gasteiger charge is 2.22. The van der Waals surface area contributed by atoms with Crippen LogP contribution in [0.25, 0.3) is 11.5 Å². The first-order valence-corrected chi connectivity index (χ1v) is 6.53. The maximum absolute atomic E-state index is 6.03. The van der Waals surface area contributed by atoms with Crippen molar-refractivity contribution >= 4 is 11.6 Å². The van der Waals surface area contributed by atoms with E-state index in [1.165, 1.54) is 0 Å². The summed E-state index contributed by atoms with van der Waals surface area (Å²) in [6.07, 6.45) is -0.147. The lowest BCUT2D eigenvalue weighted by Crippen LogP contribution is -2.33. The molecular formula is C13H14ClN3O2. The van der Waals surface area contributed by atoms with Crippen molar-refractivity contribution < 1.29 is 9.26 Å². The summed E-state index contributed by atoms with van der Waals surface area (Å²) in [5, 5.41) is 7.87. The molecule has 1 aromatic heterocycles. The van der Waals surface area contributed by atoms with Crippen LogP contribution < -0.4 is 5.32 Å². The third-order valence-corrected chi connectivity index (χ3v) is 3.16. The number of halogens is 1. The number of hydrogen-bond acceptors (Lipinski definition) is 5. The third kappa shape index (κ3) is 2.78. The fourth-order valence-electron chi connectivity index (χ4n) is 2.07. The van der Waals surface area contributed by atoms with Crippen LogP contribution in [0.2, 0.25) is 5.02 Å². The van der Waals surface area contributed by atoms with Crippen LogP contribution >= 0.6 is 11.6 Å². The van der Waals surface area contributed by atoms with Crippen molar-refractivity contribution in [2.24, 2.45) is 0 Å². The molecule has 1 saturated heterocycles.